The number of thiophene rings is 1. The van der Waals surface area contributed by atoms with Crippen LogP contribution in [-0.2, 0) is 0 Å². The average molecular weight is 365 g/mol. The first-order valence-electron chi connectivity index (χ1n) is 7.80. The fourth-order valence-corrected chi connectivity index (χ4v) is 4.13. The molecule has 4 nitrogen and oxygen atoms in total. The molecule has 0 spiro atoms. The first kappa shape index (κ1) is 15.9. The molecule has 3 heterocycles. The summed E-state index contributed by atoms with van der Waals surface area (Å²) in [5, 5.41) is 4.80. The van der Waals surface area contributed by atoms with E-state index < -0.39 is 0 Å². The van der Waals surface area contributed by atoms with Crippen molar-refractivity contribution in [3.05, 3.63) is 73.5 Å². The number of aromatic nitrogens is 3. The van der Waals surface area contributed by atoms with Crippen molar-refractivity contribution in [3.63, 3.8) is 0 Å². The predicted molar refractivity (Wildman–Crippen MR) is 106 cm³/mol. The van der Waals surface area contributed by atoms with Crippen LogP contribution < -0.4 is 5.56 Å². The van der Waals surface area contributed by atoms with Gasteiger partial charge in [-0.2, -0.15) is 0 Å². The van der Waals surface area contributed by atoms with Crippen molar-refractivity contribution in [2.45, 2.75) is 13.8 Å². The highest BCUT2D eigenvalue weighted by atomic mass is 32.1. The summed E-state index contributed by atoms with van der Waals surface area (Å²) in [7, 11) is 0. The molecule has 0 aliphatic carbocycles. The Bertz CT molecular complexity index is 1150. The van der Waals surface area contributed by atoms with Gasteiger partial charge < -0.3 is 0 Å². The summed E-state index contributed by atoms with van der Waals surface area (Å²) in [5.74, 6) is 0.609. The van der Waals surface area contributed by atoms with E-state index in [2.05, 4.69) is 4.98 Å². The SMILES string of the molecule is Cc1csc(C=Cc2nc3ccsc3c(=O)n2-c2ccccc2C)n1. The Hall–Kier alpha value is -2.57. The molecular weight excluding hydrogens is 350 g/mol. The fraction of sp³-hybridized carbons (Fsp3) is 0.105. The van der Waals surface area contributed by atoms with Crippen molar-refractivity contribution < 1.29 is 0 Å². The molecule has 0 N–H and O–H groups in total. The van der Waals surface area contributed by atoms with E-state index in [1.165, 1.54) is 11.3 Å². The number of para-hydroxylation sites is 1. The molecule has 4 aromatic rings. The normalized spacial score (nSPS) is 11.6. The van der Waals surface area contributed by atoms with E-state index in [0.717, 1.165) is 27.5 Å². The lowest BCUT2D eigenvalue weighted by Gasteiger charge is -2.12. The van der Waals surface area contributed by atoms with Crippen LogP contribution in [-0.4, -0.2) is 14.5 Å². The number of fused-ring (bicyclic) bond motifs is 1. The van der Waals surface area contributed by atoms with Crippen LogP contribution in [0.1, 0.15) is 22.1 Å². The van der Waals surface area contributed by atoms with E-state index in [1.807, 2.05) is 67.1 Å². The molecule has 0 radical (unpaired) electrons. The number of hydrogen-bond donors (Lipinski definition) is 0. The standard InChI is InChI=1S/C19H15N3OS2/c1-12-5-3-4-6-15(12)22-16(7-8-17-20-13(2)11-25-17)21-14-9-10-24-18(14)19(22)23/h3-11H,1-2H3. The summed E-state index contributed by atoms with van der Waals surface area (Å²) >= 11 is 3.00. The van der Waals surface area contributed by atoms with Gasteiger partial charge in [-0.15, -0.1) is 22.7 Å². The Balaban J connectivity index is 1.96. The van der Waals surface area contributed by atoms with Crippen molar-refractivity contribution in [1.82, 2.24) is 14.5 Å². The maximum Gasteiger partial charge on any atom is 0.276 e. The Morgan fingerprint density at radius 3 is 2.64 bits per heavy atom. The molecule has 1 aromatic carbocycles. The van der Waals surface area contributed by atoms with Crippen LogP contribution in [0.3, 0.4) is 0 Å². The van der Waals surface area contributed by atoms with E-state index in [4.69, 9.17) is 4.98 Å². The maximum atomic E-state index is 13.1. The molecule has 0 atom stereocenters. The predicted octanol–water partition coefficient (Wildman–Crippen LogP) is 4.69. The number of benzene rings is 1. The molecule has 124 valence electrons. The Kier molecular flexibility index (Phi) is 4.07. The van der Waals surface area contributed by atoms with Gasteiger partial charge in [-0.05, 0) is 49.1 Å². The average Bonchev–Trinajstić information content (AvgIpc) is 3.23. The van der Waals surface area contributed by atoms with Crippen molar-refractivity contribution in [2.75, 3.05) is 0 Å². The quantitative estimate of drug-likeness (QED) is 0.529. The minimum Gasteiger partial charge on any atom is -0.267 e. The molecule has 0 aliphatic heterocycles. The van der Waals surface area contributed by atoms with Crippen LogP contribution >= 0.6 is 22.7 Å². The smallest absolute Gasteiger partial charge is 0.267 e. The second-order valence-corrected chi connectivity index (χ2v) is 7.50. The van der Waals surface area contributed by atoms with Gasteiger partial charge in [-0.25, -0.2) is 9.97 Å². The molecule has 0 fully saturated rings. The maximum absolute atomic E-state index is 13.1. The molecule has 0 amide bonds. The molecular formula is C19H15N3OS2. The van der Waals surface area contributed by atoms with E-state index in [1.54, 1.807) is 15.9 Å². The van der Waals surface area contributed by atoms with Crippen LogP contribution in [0.2, 0.25) is 0 Å². The molecule has 6 heteroatoms. The lowest BCUT2D eigenvalue weighted by molar-refractivity contribution is 0.938. The minimum atomic E-state index is -0.0377. The van der Waals surface area contributed by atoms with Gasteiger partial charge in [0.05, 0.1) is 11.2 Å². The highest BCUT2D eigenvalue weighted by Crippen LogP contribution is 2.21. The van der Waals surface area contributed by atoms with E-state index in [-0.39, 0.29) is 5.56 Å². The third kappa shape index (κ3) is 2.94. The first-order valence-corrected chi connectivity index (χ1v) is 9.56. The molecule has 4 rings (SSSR count). The summed E-state index contributed by atoms with van der Waals surface area (Å²) in [6.07, 6.45) is 3.77. The summed E-state index contributed by atoms with van der Waals surface area (Å²) in [6.45, 7) is 3.96. The molecule has 0 saturated carbocycles. The molecule has 0 unspecified atom stereocenters. The zero-order valence-corrected chi connectivity index (χ0v) is 15.4. The highest BCUT2D eigenvalue weighted by molar-refractivity contribution is 7.17. The molecule has 0 bridgehead atoms. The highest BCUT2D eigenvalue weighted by Gasteiger charge is 2.13. The molecule has 0 saturated heterocycles. The topological polar surface area (TPSA) is 47.8 Å². The van der Waals surface area contributed by atoms with Crippen LogP contribution in [0.15, 0.2) is 45.9 Å². The van der Waals surface area contributed by atoms with Gasteiger partial charge >= 0.3 is 0 Å². The lowest BCUT2D eigenvalue weighted by Crippen LogP contribution is -2.22. The van der Waals surface area contributed by atoms with Crippen LogP contribution in [0.5, 0.6) is 0 Å². The van der Waals surface area contributed by atoms with Crippen molar-refractivity contribution in [2.24, 2.45) is 0 Å². The zero-order valence-electron chi connectivity index (χ0n) is 13.8. The monoisotopic (exact) mass is 365 g/mol. The van der Waals surface area contributed by atoms with E-state index in [0.29, 0.717) is 10.5 Å². The van der Waals surface area contributed by atoms with Gasteiger partial charge in [0.25, 0.3) is 5.56 Å². The number of rotatable bonds is 3. The summed E-state index contributed by atoms with van der Waals surface area (Å²) in [5.41, 5.74) is 3.56. The van der Waals surface area contributed by atoms with Gasteiger partial charge in [-0.1, -0.05) is 18.2 Å². The number of nitrogens with zero attached hydrogens (tertiary/aromatic N) is 3. The van der Waals surface area contributed by atoms with Crippen LogP contribution in [0.25, 0.3) is 28.1 Å². The second kappa shape index (κ2) is 6.38. The fourth-order valence-electron chi connectivity index (χ4n) is 2.68. The second-order valence-electron chi connectivity index (χ2n) is 5.69. The van der Waals surface area contributed by atoms with Crippen LogP contribution in [0.4, 0.5) is 0 Å². The Morgan fingerprint density at radius 2 is 1.88 bits per heavy atom. The minimum absolute atomic E-state index is 0.0377. The zero-order chi connectivity index (χ0) is 17.4. The van der Waals surface area contributed by atoms with Crippen LogP contribution in [0, 0.1) is 13.8 Å². The number of thiazole rings is 1. The largest absolute Gasteiger partial charge is 0.276 e. The van der Waals surface area contributed by atoms with Gasteiger partial charge in [-0.3, -0.25) is 9.36 Å². The van der Waals surface area contributed by atoms with Crippen molar-refractivity contribution in [3.8, 4) is 5.69 Å². The van der Waals surface area contributed by atoms with Gasteiger partial charge in [0.2, 0.25) is 0 Å². The van der Waals surface area contributed by atoms with E-state index in [9.17, 15) is 4.79 Å². The van der Waals surface area contributed by atoms with Crippen molar-refractivity contribution in [1.29, 1.82) is 0 Å². The Morgan fingerprint density at radius 1 is 1.04 bits per heavy atom. The first-order chi connectivity index (χ1) is 12.1. The third-order valence-corrected chi connectivity index (χ3v) is 5.69. The van der Waals surface area contributed by atoms with Gasteiger partial charge in [0.15, 0.2) is 0 Å². The van der Waals surface area contributed by atoms with E-state index >= 15 is 0 Å². The van der Waals surface area contributed by atoms with Gasteiger partial charge in [0.1, 0.15) is 15.5 Å². The molecule has 25 heavy (non-hydrogen) atoms. The summed E-state index contributed by atoms with van der Waals surface area (Å²) in [6, 6.07) is 9.73. The van der Waals surface area contributed by atoms with Crippen molar-refractivity contribution >= 4 is 45.0 Å². The molecule has 3 aromatic heterocycles. The Labute approximate surface area is 152 Å². The number of aryl methyl sites for hydroxylation is 2. The summed E-state index contributed by atoms with van der Waals surface area (Å²) in [4.78, 5) is 22.2. The third-order valence-electron chi connectivity index (χ3n) is 3.87. The molecule has 0 aliphatic rings. The summed E-state index contributed by atoms with van der Waals surface area (Å²) < 4.78 is 2.36. The van der Waals surface area contributed by atoms with Gasteiger partial charge in [0, 0.05) is 11.1 Å². The number of hydrogen-bond acceptors (Lipinski definition) is 5. The lowest BCUT2D eigenvalue weighted by atomic mass is 10.2.